The highest BCUT2D eigenvalue weighted by Crippen LogP contribution is 2.33. The molecule has 0 heterocycles. The number of unbranched alkanes of at least 4 members (excludes halogenated alkanes) is 8. The van der Waals surface area contributed by atoms with E-state index in [1.807, 2.05) is 30.3 Å². The second-order valence-electron chi connectivity index (χ2n) is 10.2. The standard InChI is InChI=1S/C30H46O4/c1-4-5-6-7-8-9-10-11-18-23-33-28(31)30(2,3)29(32)34-27(26-21-16-13-17-22-26)24-25-19-14-12-15-20-25/h13-14,16-17,19,21-22,25,27H,4-12,15,18,20,23-24H2,1-3H3. The van der Waals surface area contributed by atoms with Crippen molar-refractivity contribution in [2.75, 3.05) is 6.61 Å². The molecular weight excluding hydrogens is 424 g/mol. The van der Waals surface area contributed by atoms with Crippen LogP contribution in [-0.4, -0.2) is 18.5 Å². The first kappa shape index (κ1) is 28.1. The van der Waals surface area contributed by atoms with E-state index in [1.54, 1.807) is 13.8 Å². The van der Waals surface area contributed by atoms with Gasteiger partial charge in [-0.15, -0.1) is 0 Å². The number of carbonyl (C=O) groups is 2. The van der Waals surface area contributed by atoms with Crippen molar-refractivity contribution in [2.24, 2.45) is 11.3 Å². The molecule has 0 aliphatic heterocycles. The highest BCUT2D eigenvalue weighted by Gasteiger charge is 2.41. The van der Waals surface area contributed by atoms with E-state index in [0.717, 1.165) is 44.1 Å². The van der Waals surface area contributed by atoms with Crippen LogP contribution in [0.3, 0.4) is 0 Å². The Morgan fingerprint density at radius 2 is 1.59 bits per heavy atom. The summed E-state index contributed by atoms with van der Waals surface area (Å²) in [7, 11) is 0. The molecule has 1 aliphatic rings. The van der Waals surface area contributed by atoms with Gasteiger partial charge in [0.2, 0.25) is 0 Å². The molecule has 1 aliphatic carbocycles. The van der Waals surface area contributed by atoms with E-state index in [9.17, 15) is 9.59 Å². The molecule has 1 aromatic carbocycles. The molecule has 0 aromatic heterocycles. The fourth-order valence-electron chi connectivity index (χ4n) is 4.39. The fraction of sp³-hybridized carbons (Fsp3) is 0.667. The lowest BCUT2D eigenvalue weighted by atomic mass is 9.88. The molecule has 0 N–H and O–H groups in total. The fourth-order valence-corrected chi connectivity index (χ4v) is 4.39. The van der Waals surface area contributed by atoms with Crippen molar-refractivity contribution >= 4 is 11.9 Å². The van der Waals surface area contributed by atoms with Crippen LogP contribution < -0.4 is 0 Å². The summed E-state index contributed by atoms with van der Waals surface area (Å²) < 4.78 is 11.4. The molecule has 2 unspecified atom stereocenters. The number of ether oxygens (including phenoxy) is 2. The average molecular weight is 471 g/mol. The summed E-state index contributed by atoms with van der Waals surface area (Å²) in [4.78, 5) is 25.8. The Hall–Kier alpha value is -2.10. The van der Waals surface area contributed by atoms with Crippen LogP contribution in [0.5, 0.6) is 0 Å². The highest BCUT2D eigenvalue weighted by atomic mass is 16.6. The van der Waals surface area contributed by atoms with Gasteiger partial charge in [0.1, 0.15) is 6.10 Å². The van der Waals surface area contributed by atoms with Crippen LogP contribution in [-0.2, 0) is 19.1 Å². The Morgan fingerprint density at radius 1 is 0.941 bits per heavy atom. The van der Waals surface area contributed by atoms with E-state index in [1.165, 1.54) is 44.9 Å². The van der Waals surface area contributed by atoms with Crippen molar-refractivity contribution in [3.63, 3.8) is 0 Å². The van der Waals surface area contributed by atoms with Crippen molar-refractivity contribution in [1.82, 2.24) is 0 Å². The van der Waals surface area contributed by atoms with Gasteiger partial charge in [0.25, 0.3) is 0 Å². The molecule has 0 radical (unpaired) electrons. The van der Waals surface area contributed by atoms with Crippen molar-refractivity contribution in [3.05, 3.63) is 48.0 Å². The van der Waals surface area contributed by atoms with Crippen LogP contribution >= 0.6 is 0 Å². The number of allylic oxidation sites excluding steroid dienone is 2. The van der Waals surface area contributed by atoms with Gasteiger partial charge in [-0.25, -0.2) is 0 Å². The van der Waals surface area contributed by atoms with E-state index in [0.29, 0.717) is 12.5 Å². The van der Waals surface area contributed by atoms with Gasteiger partial charge in [-0.1, -0.05) is 101 Å². The van der Waals surface area contributed by atoms with E-state index in [4.69, 9.17) is 9.47 Å². The second-order valence-corrected chi connectivity index (χ2v) is 10.2. The van der Waals surface area contributed by atoms with Crippen LogP contribution in [0.1, 0.15) is 116 Å². The lowest BCUT2D eigenvalue weighted by molar-refractivity contribution is -0.174. The van der Waals surface area contributed by atoms with E-state index in [2.05, 4.69) is 19.1 Å². The minimum atomic E-state index is -1.32. The largest absolute Gasteiger partial charge is 0.465 e. The van der Waals surface area contributed by atoms with Gasteiger partial charge in [0.15, 0.2) is 5.41 Å². The lowest BCUT2D eigenvalue weighted by Crippen LogP contribution is -2.37. The maximum atomic E-state index is 13.1. The number of benzene rings is 1. The first-order valence-corrected chi connectivity index (χ1v) is 13.5. The normalized spacial score (nSPS) is 16.7. The summed E-state index contributed by atoms with van der Waals surface area (Å²) in [6, 6.07) is 9.84. The first-order valence-electron chi connectivity index (χ1n) is 13.5. The molecule has 0 bridgehead atoms. The van der Waals surface area contributed by atoms with Gasteiger partial charge in [-0.2, -0.15) is 0 Å². The predicted octanol–water partition coefficient (Wildman–Crippen LogP) is 8.12. The number of hydrogen-bond acceptors (Lipinski definition) is 4. The van der Waals surface area contributed by atoms with Gasteiger partial charge in [0.05, 0.1) is 6.61 Å². The van der Waals surface area contributed by atoms with Gasteiger partial charge in [-0.3, -0.25) is 9.59 Å². The monoisotopic (exact) mass is 470 g/mol. The summed E-state index contributed by atoms with van der Waals surface area (Å²) in [5, 5.41) is 0. The van der Waals surface area contributed by atoms with Crippen LogP contribution in [0.25, 0.3) is 0 Å². The van der Waals surface area contributed by atoms with Crippen molar-refractivity contribution in [1.29, 1.82) is 0 Å². The van der Waals surface area contributed by atoms with Gasteiger partial charge >= 0.3 is 11.9 Å². The predicted molar refractivity (Wildman–Crippen MR) is 138 cm³/mol. The third kappa shape index (κ3) is 10.0. The van der Waals surface area contributed by atoms with Crippen LogP contribution in [0, 0.1) is 11.3 Å². The molecule has 190 valence electrons. The first-order chi connectivity index (χ1) is 16.4. The zero-order valence-electron chi connectivity index (χ0n) is 21.7. The summed E-state index contributed by atoms with van der Waals surface area (Å²) >= 11 is 0. The quantitative estimate of drug-likeness (QED) is 0.106. The molecule has 0 amide bonds. The number of rotatable bonds is 16. The zero-order chi connectivity index (χ0) is 24.7. The van der Waals surface area contributed by atoms with Crippen LogP contribution in [0.4, 0.5) is 0 Å². The maximum absolute atomic E-state index is 13.1. The lowest BCUT2D eigenvalue weighted by Gasteiger charge is -2.28. The Morgan fingerprint density at radius 3 is 2.21 bits per heavy atom. The summed E-state index contributed by atoms with van der Waals surface area (Å²) in [6.07, 6.45) is 19.0. The molecule has 2 atom stereocenters. The summed E-state index contributed by atoms with van der Waals surface area (Å²) in [5.74, 6) is -0.631. The molecular formula is C30H46O4. The Kier molecular flexibility index (Phi) is 13.0. The number of hydrogen-bond donors (Lipinski definition) is 0. The van der Waals surface area contributed by atoms with E-state index >= 15 is 0 Å². The van der Waals surface area contributed by atoms with E-state index < -0.39 is 17.4 Å². The Labute approximate surface area is 207 Å². The number of carbonyl (C=O) groups excluding carboxylic acids is 2. The number of esters is 2. The van der Waals surface area contributed by atoms with Gasteiger partial charge in [-0.05, 0) is 57.4 Å². The molecule has 4 nitrogen and oxygen atoms in total. The molecule has 4 heteroatoms. The summed E-state index contributed by atoms with van der Waals surface area (Å²) in [5.41, 5.74) is -0.358. The zero-order valence-corrected chi connectivity index (χ0v) is 21.7. The SMILES string of the molecule is CCCCCCCCCCCOC(=O)C(C)(C)C(=O)OC(CC1C=CCCC1)c1ccccc1. The van der Waals surface area contributed by atoms with E-state index in [-0.39, 0.29) is 6.10 Å². The van der Waals surface area contributed by atoms with Crippen LogP contribution in [0.2, 0.25) is 0 Å². The molecule has 0 saturated heterocycles. The van der Waals surface area contributed by atoms with Gasteiger partial charge in [0, 0.05) is 0 Å². The Balaban J connectivity index is 1.79. The average Bonchev–Trinajstić information content (AvgIpc) is 2.85. The molecule has 34 heavy (non-hydrogen) atoms. The van der Waals surface area contributed by atoms with Crippen molar-refractivity contribution in [3.8, 4) is 0 Å². The summed E-state index contributed by atoms with van der Waals surface area (Å²) in [6.45, 7) is 5.81. The molecule has 0 spiro atoms. The third-order valence-electron chi connectivity index (χ3n) is 6.79. The third-order valence-corrected chi connectivity index (χ3v) is 6.79. The minimum Gasteiger partial charge on any atom is -0.465 e. The molecule has 0 saturated carbocycles. The smallest absolute Gasteiger partial charge is 0.323 e. The topological polar surface area (TPSA) is 52.6 Å². The van der Waals surface area contributed by atoms with Crippen LogP contribution in [0.15, 0.2) is 42.5 Å². The van der Waals surface area contributed by atoms with Gasteiger partial charge < -0.3 is 9.47 Å². The molecule has 2 rings (SSSR count). The highest BCUT2D eigenvalue weighted by molar-refractivity contribution is 5.99. The van der Waals surface area contributed by atoms with Crippen molar-refractivity contribution < 1.29 is 19.1 Å². The minimum absolute atomic E-state index is 0.361. The second kappa shape index (κ2) is 15.7. The Bertz CT molecular complexity index is 737. The maximum Gasteiger partial charge on any atom is 0.323 e. The van der Waals surface area contributed by atoms with Crippen molar-refractivity contribution in [2.45, 2.75) is 110 Å². The molecule has 1 aromatic rings. The molecule has 0 fully saturated rings.